The summed E-state index contributed by atoms with van der Waals surface area (Å²) in [7, 11) is 3.61. The smallest absolute Gasteiger partial charge is 0.315 e. The maximum Gasteiger partial charge on any atom is 0.315 e. The van der Waals surface area contributed by atoms with Gasteiger partial charge in [-0.05, 0) is 26.2 Å². The molecule has 1 aliphatic heterocycles. The van der Waals surface area contributed by atoms with Crippen molar-refractivity contribution in [2.75, 3.05) is 33.4 Å². The van der Waals surface area contributed by atoms with Gasteiger partial charge >= 0.3 is 6.03 Å². The van der Waals surface area contributed by atoms with E-state index in [4.69, 9.17) is 4.74 Å². The zero-order chi connectivity index (χ0) is 16.7. The fraction of sp³-hybridized carbons (Fsp3) is 0.750. The summed E-state index contributed by atoms with van der Waals surface area (Å²) >= 11 is 0. The Kier molecular flexibility index (Phi) is 6.85. The Hall–Kier alpha value is -1.60. The first kappa shape index (κ1) is 17.7. The van der Waals surface area contributed by atoms with Gasteiger partial charge in [0.2, 0.25) is 0 Å². The molecule has 0 saturated carbocycles. The van der Waals surface area contributed by atoms with E-state index in [2.05, 4.69) is 20.6 Å². The number of rotatable bonds is 7. The Morgan fingerprint density at radius 3 is 2.83 bits per heavy atom. The summed E-state index contributed by atoms with van der Waals surface area (Å²) in [6, 6.07) is 0.117. The average molecular weight is 323 g/mol. The lowest BCUT2D eigenvalue weighted by molar-refractivity contribution is 0.153. The van der Waals surface area contributed by atoms with Crippen LogP contribution in [0.15, 0.2) is 12.4 Å². The molecule has 0 radical (unpaired) electrons. The number of aromatic nitrogens is 2. The molecule has 1 atom stereocenters. The molecule has 1 aromatic rings. The molecule has 1 saturated heterocycles. The van der Waals surface area contributed by atoms with Gasteiger partial charge in [0.05, 0.1) is 12.2 Å². The van der Waals surface area contributed by atoms with Gasteiger partial charge in [-0.25, -0.2) is 4.79 Å². The first-order valence-electron chi connectivity index (χ1n) is 8.35. The summed E-state index contributed by atoms with van der Waals surface area (Å²) < 4.78 is 6.82. The lowest BCUT2D eigenvalue weighted by Gasteiger charge is -2.32. The fourth-order valence-corrected chi connectivity index (χ4v) is 2.90. The zero-order valence-corrected chi connectivity index (χ0v) is 14.4. The molecular formula is C16H29N5O2. The van der Waals surface area contributed by atoms with Gasteiger partial charge in [0, 0.05) is 58.2 Å². The topological polar surface area (TPSA) is 71.4 Å². The van der Waals surface area contributed by atoms with Crippen molar-refractivity contribution < 1.29 is 9.53 Å². The van der Waals surface area contributed by atoms with Gasteiger partial charge in [-0.3, -0.25) is 4.68 Å². The number of likely N-dealkylation sites (tertiary alicyclic amines) is 1. The third-order valence-corrected chi connectivity index (χ3v) is 4.32. The van der Waals surface area contributed by atoms with Crippen LogP contribution in [0.2, 0.25) is 0 Å². The van der Waals surface area contributed by atoms with E-state index in [0.29, 0.717) is 0 Å². The number of ether oxygens (including phenoxy) is 1. The summed E-state index contributed by atoms with van der Waals surface area (Å²) in [6.45, 7) is 5.92. The first-order chi connectivity index (χ1) is 11.1. The minimum absolute atomic E-state index is 0.0437. The van der Waals surface area contributed by atoms with E-state index < -0.39 is 0 Å². The highest BCUT2D eigenvalue weighted by molar-refractivity contribution is 5.74. The first-order valence-corrected chi connectivity index (χ1v) is 8.35. The van der Waals surface area contributed by atoms with Crippen molar-refractivity contribution >= 4 is 6.03 Å². The highest BCUT2D eigenvalue weighted by Gasteiger charge is 2.21. The SMILES string of the molecule is COCCCN1CCC(NC(=O)N[C@H](C)c2cnn(C)c2)CC1. The molecule has 1 aliphatic rings. The van der Waals surface area contributed by atoms with Crippen LogP contribution < -0.4 is 10.6 Å². The van der Waals surface area contributed by atoms with Crippen molar-refractivity contribution in [3.63, 3.8) is 0 Å². The molecule has 0 aliphatic carbocycles. The van der Waals surface area contributed by atoms with Crippen LogP contribution in [0.4, 0.5) is 4.79 Å². The van der Waals surface area contributed by atoms with Crippen molar-refractivity contribution in [2.24, 2.45) is 7.05 Å². The number of methoxy groups -OCH3 is 1. The number of nitrogens with one attached hydrogen (secondary N) is 2. The minimum atomic E-state index is -0.0980. The van der Waals surface area contributed by atoms with E-state index in [-0.39, 0.29) is 18.1 Å². The highest BCUT2D eigenvalue weighted by Crippen LogP contribution is 2.12. The van der Waals surface area contributed by atoms with Crippen molar-refractivity contribution in [1.29, 1.82) is 0 Å². The zero-order valence-electron chi connectivity index (χ0n) is 14.4. The number of piperidine rings is 1. The molecule has 0 bridgehead atoms. The van der Waals surface area contributed by atoms with Gasteiger partial charge in [-0.1, -0.05) is 0 Å². The second kappa shape index (κ2) is 8.88. The third kappa shape index (κ3) is 5.84. The summed E-state index contributed by atoms with van der Waals surface area (Å²) in [4.78, 5) is 14.6. The van der Waals surface area contributed by atoms with Gasteiger partial charge < -0.3 is 20.3 Å². The quantitative estimate of drug-likeness (QED) is 0.742. The van der Waals surface area contributed by atoms with Crippen LogP contribution in [-0.2, 0) is 11.8 Å². The number of nitrogens with zero attached hydrogens (tertiary/aromatic N) is 3. The monoisotopic (exact) mass is 323 g/mol. The molecule has 7 nitrogen and oxygen atoms in total. The number of urea groups is 1. The van der Waals surface area contributed by atoms with E-state index in [0.717, 1.165) is 51.1 Å². The van der Waals surface area contributed by atoms with Gasteiger partial charge in [-0.2, -0.15) is 5.10 Å². The Balaban J connectivity index is 1.66. The van der Waals surface area contributed by atoms with Crippen molar-refractivity contribution in [3.05, 3.63) is 18.0 Å². The van der Waals surface area contributed by atoms with E-state index >= 15 is 0 Å². The van der Waals surface area contributed by atoms with E-state index in [1.165, 1.54) is 0 Å². The lowest BCUT2D eigenvalue weighted by atomic mass is 10.1. The number of carbonyl (C=O) groups excluding carboxylic acids is 1. The van der Waals surface area contributed by atoms with Gasteiger partial charge in [0.15, 0.2) is 0 Å². The predicted molar refractivity (Wildman–Crippen MR) is 89.2 cm³/mol. The van der Waals surface area contributed by atoms with Crippen molar-refractivity contribution in [2.45, 2.75) is 38.3 Å². The Morgan fingerprint density at radius 1 is 1.48 bits per heavy atom. The third-order valence-electron chi connectivity index (χ3n) is 4.32. The van der Waals surface area contributed by atoms with Crippen LogP contribution >= 0.6 is 0 Å². The molecule has 0 aromatic carbocycles. The number of hydrogen-bond acceptors (Lipinski definition) is 4. The molecular weight excluding hydrogens is 294 g/mol. The second-order valence-corrected chi connectivity index (χ2v) is 6.25. The Labute approximate surface area is 138 Å². The summed E-state index contributed by atoms with van der Waals surface area (Å²) in [6.07, 6.45) is 6.77. The molecule has 7 heteroatoms. The Bertz CT molecular complexity index is 483. The average Bonchev–Trinajstić information content (AvgIpc) is 2.96. The van der Waals surface area contributed by atoms with Gasteiger partial charge in [-0.15, -0.1) is 0 Å². The molecule has 1 fully saturated rings. The molecule has 0 spiro atoms. The normalized spacial score (nSPS) is 17.9. The summed E-state index contributed by atoms with van der Waals surface area (Å²) in [5, 5.41) is 10.2. The highest BCUT2D eigenvalue weighted by atomic mass is 16.5. The standard InChI is InChI=1S/C16H29N5O2/c1-13(14-11-17-20(2)12-14)18-16(22)19-15-5-8-21(9-6-15)7-4-10-23-3/h11-13,15H,4-10H2,1-3H3,(H2,18,19,22)/t13-/m1/s1. The lowest BCUT2D eigenvalue weighted by Crippen LogP contribution is -2.48. The van der Waals surface area contributed by atoms with Crippen LogP contribution in [0.5, 0.6) is 0 Å². The molecule has 2 N–H and O–H groups in total. The molecule has 23 heavy (non-hydrogen) atoms. The van der Waals surface area contributed by atoms with Crippen LogP contribution in [0.3, 0.4) is 0 Å². The van der Waals surface area contributed by atoms with Crippen molar-refractivity contribution in [3.8, 4) is 0 Å². The number of hydrogen-bond donors (Lipinski definition) is 2. The van der Waals surface area contributed by atoms with E-state index in [1.54, 1.807) is 18.0 Å². The van der Waals surface area contributed by atoms with E-state index in [1.807, 2.05) is 20.2 Å². The second-order valence-electron chi connectivity index (χ2n) is 6.25. The van der Waals surface area contributed by atoms with Crippen molar-refractivity contribution in [1.82, 2.24) is 25.3 Å². The summed E-state index contributed by atoms with van der Waals surface area (Å²) in [5.41, 5.74) is 1.01. The number of carbonyl (C=O) groups is 1. The maximum atomic E-state index is 12.1. The molecule has 0 unspecified atom stereocenters. The molecule has 1 aromatic heterocycles. The number of aryl methyl sites for hydroxylation is 1. The molecule has 2 heterocycles. The number of amides is 2. The van der Waals surface area contributed by atoms with Crippen LogP contribution in [-0.4, -0.2) is 60.1 Å². The molecule has 130 valence electrons. The van der Waals surface area contributed by atoms with Gasteiger partial charge in [0.1, 0.15) is 0 Å². The van der Waals surface area contributed by atoms with Crippen LogP contribution in [0.1, 0.15) is 37.8 Å². The van der Waals surface area contributed by atoms with Crippen LogP contribution in [0.25, 0.3) is 0 Å². The fourth-order valence-electron chi connectivity index (χ4n) is 2.90. The maximum absolute atomic E-state index is 12.1. The molecule has 2 rings (SSSR count). The largest absolute Gasteiger partial charge is 0.385 e. The van der Waals surface area contributed by atoms with Gasteiger partial charge in [0.25, 0.3) is 0 Å². The minimum Gasteiger partial charge on any atom is -0.385 e. The Morgan fingerprint density at radius 2 is 2.22 bits per heavy atom. The van der Waals surface area contributed by atoms with E-state index in [9.17, 15) is 4.79 Å². The molecule has 2 amide bonds. The summed E-state index contributed by atoms with van der Waals surface area (Å²) in [5.74, 6) is 0. The predicted octanol–water partition coefficient (Wildman–Crippen LogP) is 1.28. The van der Waals surface area contributed by atoms with Crippen LogP contribution in [0, 0.1) is 0 Å².